The summed E-state index contributed by atoms with van der Waals surface area (Å²) in [6.45, 7) is 6.43. The van der Waals surface area contributed by atoms with Gasteiger partial charge in [0.25, 0.3) is 0 Å². The summed E-state index contributed by atoms with van der Waals surface area (Å²) in [6.07, 6.45) is 2.32. The van der Waals surface area contributed by atoms with E-state index in [2.05, 4.69) is 50.9 Å². The van der Waals surface area contributed by atoms with Gasteiger partial charge in [0.2, 0.25) is 11.9 Å². The van der Waals surface area contributed by atoms with Crippen LogP contribution >= 0.6 is 11.8 Å². The number of amides is 1. The van der Waals surface area contributed by atoms with Crippen LogP contribution in [0.2, 0.25) is 0 Å². The standard InChI is InChI=1S/C25H29N5O2S/c1-19-9-11-21(12-10-19)30-24(29-13-5-6-14-29)26-27-25(30)33-22(20-7-3-2-4-8-20)23(31)28-15-17-32-18-16-28/h2-4,7-12,22H,5-6,13-18H2,1H3/t22-/m1/s1. The largest absolute Gasteiger partial charge is 0.378 e. The summed E-state index contributed by atoms with van der Waals surface area (Å²) in [5.41, 5.74) is 3.19. The lowest BCUT2D eigenvalue weighted by Gasteiger charge is -2.30. The third kappa shape index (κ3) is 4.77. The van der Waals surface area contributed by atoms with Crippen LogP contribution in [0.3, 0.4) is 0 Å². The first-order chi connectivity index (χ1) is 16.2. The average molecular weight is 464 g/mol. The molecule has 3 heterocycles. The topological polar surface area (TPSA) is 63.5 Å². The van der Waals surface area contributed by atoms with E-state index in [1.54, 1.807) is 0 Å². The molecular weight excluding hydrogens is 434 g/mol. The highest BCUT2D eigenvalue weighted by Gasteiger charge is 2.31. The Morgan fingerprint density at radius 3 is 2.33 bits per heavy atom. The second-order valence-electron chi connectivity index (χ2n) is 8.49. The van der Waals surface area contributed by atoms with Gasteiger partial charge in [0.1, 0.15) is 5.25 Å². The van der Waals surface area contributed by atoms with E-state index in [0.717, 1.165) is 48.3 Å². The van der Waals surface area contributed by atoms with Gasteiger partial charge in [0, 0.05) is 26.2 Å². The second kappa shape index (κ2) is 9.97. The number of carbonyl (C=O) groups excluding carboxylic acids is 1. The molecule has 0 spiro atoms. The molecule has 0 N–H and O–H groups in total. The van der Waals surface area contributed by atoms with Gasteiger partial charge in [-0.3, -0.25) is 9.36 Å². The van der Waals surface area contributed by atoms with Gasteiger partial charge in [-0.25, -0.2) is 0 Å². The van der Waals surface area contributed by atoms with E-state index in [-0.39, 0.29) is 5.91 Å². The molecule has 0 unspecified atom stereocenters. The van der Waals surface area contributed by atoms with Gasteiger partial charge in [-0.15, -0.1) is 10.2 Å². The Hall–Kier alpha value is -2.84. The minimum absolute atomic E-state index is 0.0932. The number of aromatic nitrogens is 3. The summed E-state index contributed by atoms with van der Waals surface area (Å²) < 4.78 is 7.58. The molecule has 2 aliphatic heterocycles. The SMILES string of the molecule is Cc1ccc(-n2c(S[C@@H](C(=O)N3CCOCC3)c3ccccc3)nnc2N2CCCC2)cc1. The number of hydrogen-bond acceptors (Lipinski definition) is 6. The molecule has 5 rings (SSSR count). The van der Waals surface area contributed by atoms with E-state index >= 15 is 0 Å². The Balaban J connectivity index is 1.53. The smallest absolute Gasteiger partial charge is 0.240 e. The fourth-order valence-electron chi connectivity index (χ4n) is 4.32. The number of thioether (sulfide) groups is 1. The van der Waals surface area contributed by atoms with Crippen molar-refractivity contribution in [2.75, 3.05) is 44.3 Å². The van der Waals surface area contributed by atoms with Crippen LogP contribution in [0.1, 0.15) is 29.2 Å². The van der Waals surface area contributed by atoms with E-state index in [1.165, 1.54) is 17.3 Å². The quantitative estimate of drug-likeness (QED) is 0.517. The highest BCUT2D eigenvalue weighted by atomic mass is 32.2. The molecule has 172 valence electrons. The van der Waals surface area contributed by atoms with Gasteiger partial charge in [0.05, 0.1) is 18.9 Å². The minimum atomic E-state index is -0.399. The maximum absolute atomic E-state index is 13.6. The first-order valence-electron chi connectivity index (χ1n) is 11.6. The Morgan fingerprint density at radius 1 is 0.939 bits per heavy atom. The van der Waals surface area contributed by atoms with E-state index < -0.39 is 5.25 Å². The molecule has 1 aromatic heterocycles. The van der Waals surface area contributed by atoms with Crippen LogP contribution in [-0.2, 0) is 9.53 Å². The van der Waals surface area contributed by atoms with Crippen molar-refractivity contribution in [3.05, 3.63) is 65.7 Å². The Morgan fingerprint density at radius 2 is 1.64 bits per heavy atom. The van der Waals surface area contributed by atoms with Crippen molar-refractivity contribution in [3.63, 3.8) is 0 Å². The molecule has 7 nitrogen and oxygen atoms in total. The summed E-state index contributed by atoms with van der Waals surface area (Å²) in [5.74, 6) is 0.945. The number of ether oxygens (including phenoxy) is 1. The summed E-state index contributed by atoms with van der Waals surface area (Å²) >= 11 is 1.48. The molecule has 2 fully saturated rings. The minimum Gasteiger partial charge on any atom is -0.378 e. The van der Waals surface area contributed by atoms with E-state index in [4.69, 9.17) is 4.74 Å². The van der Waals surface area contributed by atoms with Crippen molar-refractivity contribution >= 4 is 23.6 Å². The van der Waals surface area contributed by atoms with Crippen LogP contribution in [-0.4, -0.2) is 65.0 Å². The number of nitrogens with zero attached hydrogens (tertiary/aromatic N) is 5. The third-order valence-corrected chi connectivity index (χ3v) is 7.35. The number of benzene rings is 2. The van der Waals surface area contributed by atoms with Crippen LogP contribution in [0.4, 0.5) is 5.95 Å². The van der Waals surface area contributed by atoms with Gasteiger partial charge in [-0.1, -0.05) is 59.8 Å². The van der Waals surface area contributed by atoms with Crippen molar-refractivity contribution in [2.45, 2.75) is 30.2 Å². The molecule has 0 saturated carbocycles. The van der Waals surface area contributed by atoms with Crippen LogP contribution in [0.15, 0.2) is 59.8 Å². The predicted molar refractivity (Wildman–Crippen MR) is 130 cm³/mol. The molecule has 1 atom stereocenters. The van der Waals surface area contributed by atoms with E-state index in [0.29, 0.717) is 26.3 Å². The zero-order valence-electron chi connectivity index (χ0n) is 18.9. The normalized spacial score (nSPS) is 17.4. The number of hydrogen-bond donors (Lipinski definition) is 0. The van der Waals surface area contributed by atoms with Gasteiger partial charge < -0.3 is 14.5 Å². The van der Waals surface area contributed by atoms with E-state index in [1.807, 2.05) is 35.2 Å². The molecule has 2 saturated heterocycles. The molecular formula is C25H29N5O2S. The van der Waals surface area contributed by atoms with Gasteiger partial charge in [-0.2, -0.15) is 0 Å². The summed E-state index contributed by atoms with van der Waals surface area (Å²) in [4.78, 5) is 17.8. The zero-order valence-corrected chi connectivity index (χ0v) is 19.7. The van der Waals surface area contributed by atoms with E-state index in [9.17, 15) is 4.79 Å². The molecule has 8 heteroatoms. The fourth-order valence-corrected chi connectivity index (χ4v) is 5.46. The predicted octanol–water partition coefficient (Wildman–Crippen LogP) is 3.87. The Labute approximate surface area is 198 Å². The molecule has 0 bridgehead atoms. The lowest BCUT2D eigenvalue weighted by Crippen LogP contribution is -2.42. The Bertz CT molecular complexity index is 1070. The maximum atomic E-state index is 13.6. The molecule has 0 radical (unpaired) electrons. The summed E-state index contributed by atoms with van der Waals surface area (Å²) in [6, 6.07) is 18.4. The van der Waals surface area contributed by atoms with Crippen molar-refractivity contribution < 1.29 is 9.53 Å². The van der Waals surface area contributed by atoms with Crippen molar-refractivity contribution in [3.8, 4) is 5.69 Å². The summed E-state index contributed by atoms with van der Waals surface area (Å²) in [7, 11) is 0. The first-order valence-corrected chi connectivity index (χ1v) is 12.4. The number of carbonyl (C=O) groups is 1. The molecule has 3 aromatic rings. The second-order valence-corrected chi connectivity index (χ2v) is 9.57. The number of anilines is 1. The highest BCUT2D eigenvalue weighted by Crippen LogP contribution is 2.39. The number of morpholine rings is 1. The molecule has 0 aliphatic carbocycles. The lowest BCUT2D eigenvalue weighted by atomic mass is 10.1. The molecule has 2 aromatic carbocycles. The molecule has 1 amide bonds. The van der Waals surface area contributed by atoms with Crippen molar-refractivity contribution in [1.29, 1.82) is 0 Å². The van der Waals surface area contributed by atoms with Crippen molar-refractivity contribution in [2.24, 2.45) is 0 Å². The lowest BCUT2D eigenvalue weighted by molar-refractivity contribution is -0.134. The third-order valence-electron chi connectivity index (χ3n) is 6.17. The van der Waals surface area contributed by atoms with Gasteiger partial charge >= 0.3 is 0 Å². The van der Waals surface area contributed by atoms with Crippen LogP contribution in [0.5, 0.6) is 0 Å². The Kier molecular flexibility index (Phi) is 6.64. The number of rotatable bonds is 6. The molecule has 33 heavy (non-hydrogen) atoms. The summed E-state index contributed by atoms with van der Waals surface area (Å²) in [5, 5.41) is 9.51. The highest BCUT2D eigenvalue weighted by molar-refractivity contribution is 8.00. The average Bonchev–Trinajstić information content (AvgIpc) is 3.54. The van der Waals surface area contributed by atoms with Crippen molar-refractivity contribution in [1.82, 2.24) is 19.7 Å². The fraction of sp³-hybridized carbons (Fsp3) is 0.400. The monoisotopic (exact) mass is 463 g/mol. The maximum Gasteiger partial charge on any atom is 0.240 e. The number of aryl methyl sites for hydroxylation is 1. The van der Waals surface area contributed by atoms with Crippen LogP contribution < -0.4 is 4.90 Å². The molecule has 2 aliphatic rings. The van der Waals surface area contributed by atoms with Crippen LogP contribution in [0, 0.1) is 6.92 Å². The van der Waals surface area contributed by atoms with Gasteiger partial charge in [-0.05, 0) is 37.5 Å². The van der Waals surface area contributed by atoms with Crippen LogP contribution in [0.25, 0.3) is 5.69 Å². The van der Waals surface area contributed by atoms with Gasteiger partial charge in [0.15, 0.2) is 5.16 Å². The zero-order chi connectivity index (χ0) is 22.6. The first kappa shape index (κ1) is 22.0.